The van der Waals surface area contributed by atoms with Crippen molar-refractivity contribution in [1.29, 1.82) is 0 Å². The van der Waals surface area contributed by atoms with Gasteiger partial charge in [-0.05, 0) is 44.2 Å². The van der Waals surface area contributed by atoms with E-state index in [9.17, 15) is 4.79 Å². The van der Waals surface area contributed by atoms with Crippen molar-refractivity contribution in [2.75, 3.05) is 20.1 Å². The summed E-state index contributed by atoms with van der Waals surface area (Å²) >= 11 is 6.14. The van der Waals surface area contributed by atoms with Crippen LogP contribution in [0.15, 0.2) is 30.5 Å². The third-order valence-electron chi connectivity index (χ3n) is 3.88. The van der Waals surface area contributed by atoms with Gasteiger partial charge in [-0.3, -0.25) is 9.78 Å². The van der Waals surface area contributed by atoms with Crippen LogP contribution in [0.2, 0.25) is 5.02 Å². The number of fused-ring (bicyclic) bond motifs is 1. The van der Waals surface area contributed by atoms with Crippen molar-refractivity contribution >= 4 is 28.4 Å². The van der Waals surface area contributed by atoms with Gasteiger partial charge in [0, 0.05) is 30.7 Å². The first-order valence-corrected chi connectivity index (χ1v) is 7.56. The second-order valence-electron chi connectivity index (χ2n) is 5.46. The molecule has 1 saturated carbocycles. The minimum absolute atomic E-state index is 0.0976. The van der Waals surface area contributed by atoms with Crippen molar-refractivity contribution in [3.8, 4) is 0 Å². The summed E-state index contributed by atoms with van der Waals surface area (Å²) in [7, 11) is 2.10. The van der Waals surface area contributed by atoms with Crippen molar-refractivity contribution in [3.05, 3.63) is 41.0 Å². The number of nitrogens with one attached hydrogen (secondary N) is 1. The smallest absolute Gasteiger partial charge is 0.253 e. The zero-order chi connectivity index (χ0) is 14.8. The molecular formula is C16H18ClN3O. The molecule has 1 aliphatic carbocycles. The van der Waals surface area contributed by atoms with E-state index in [0.717, 1.165) is 11.9 Å². The molecule has 21 heavy (non-hydrogen) atoms. The summed E-state index contributed by atoms with van der Waals surface area (Å²) in [5.41, 5.74) is 1.22. The van der Waals surface area contributed by atoms with Crippen LogP contribution in [-0.2, 0) is 0 Å². The molecule has 0 radical (unpaired) electrons. The van der Waals surface area contributed by atoms with Crippen LogP contribution in [0.5, 0.6) is 0 Å². The maximum atomic E-state index is 12.3. The van der Waals surface area contributed by atoms with Crippen LogP contribution < -0.4 is 5.32 Å². The number of hydrogen-bond donors (Lipinski definition) is 1. The van der Waals surface area contributed by atoms with Gasteiger partial charge in [-0.25, -0.2) is 0 Å². The minimum atomic E-state index is -0.0976. The molecule has 110 valence electrons. The average molecular weight is 304 g/mol. The first-order valence-electron chi connectivity index (χ1n) is 7.18. The normalized spacial score (nSPS) is 14.6. The zero-order valence-electron chi connectivity index (χ0n) is 12.0. The van der Waals surface area contributed by atoms with E-state index in [1.807, 2.05) is 12.1 Å². The Bertz CT molecular complexity index is 670. The molecule has 1 heterocycles. The van der Waals surface area contributed by atoms with Crippen LogP contribution in [0.3, 0.4) is 0 Å². The quantitative estimate of drug-likeness (QED) is 0.924. The van der Waals surface area contributed by atoms with Gasteiger partial charge in [0.05, 0.1) is 16.1 Å². The lowest BCUT2D eigenvalue weighted by Gasteiger charge is -2.16. The first kappa shape index (κ1) is 14.3. The molecule has 1 aliphatic rings. The predicted octanol–water partition coefficient (Wildman–Crippen LogP) is 2.71. The number of amides is 1. The molecular weight excluding hydrogens is 286 g/mol. The second kappa shape index (κ2) is 6.00. The van der Waals surface area contributed by atoms with Crippen LogP contribution >= 0.6 is 11.6 Å². The Kier molecular flexibility index (Phi) is 4.08. The molecule has 1 amide bonds. The zero-order valence-corrected chi connectivity index (χ0v) is 12.7. The van der Waals surface area contributed by atoms with Crippen LogP contribution in [0.1, 0.15) is 23.2 Å². The van der Waals surface area contributed by atoms with E-state index in [1.54, 1.807) is 18.3 Å². The van der Waals surface area contributed by atoms with Crippen molar-refractivity contribution in [1.82, 2.24) is 15.2 Å². The van der Waals surface area contributed by atoms with Crippen LogP contribution in [0.25, 0.3) is 10.9 Å². The Balaban J connectivity index is 1.71. The van der Waals surface area contributed by atoms with Crippen molar-refractivity contribution in [2.45, 2.75) is 18.9 Å². The van der Waals surface area contributed by atoms with Crippen LogP contribution in [0, 0.1) is 0 Å². The number of benzene rings is 1. The Morgan fingerprint density at radius 1 is 1.43 bits per heavy atom. The number of aromatic nitrogens is 1. The van der Waals surface area contributed by atoms with Gasteiger partial charge in [0.25, 0.3) is 5.91 Å². The van der Waals surface area contributed by atoms with E-state index in [2.05, 4.69) is 22.2 Å². The van der Waals surface area contributed by atoms with Gasteiger partial charge < -0.3 is 10.2 Å². The molecule has 0 aliphatic heterocycles. The van der Waals surface area contributed by atoms with E-state index in [0.29, 0.717) is 28.7 Å². The number of nitrogens with zero attached hydrogens (tertiary/aromatic N) is 2. The van der Waals surface area contributed by atoms with Gasteiger partial charge in [-0.15, -0.1) is 0 Å². The molecule has 0 saturated heterocycles. The fraction of sp³-hybridized carbons (Fsp3) is 0.375. The highest BCUT2D eigenvalue weighted by atomic mass is 35.5. The van der Waals surface area contributed by atoms with Gasteiger partial charge >= 0.3 is 0 Å². The molecule has 1 fully saturated rings. The molecule has 0 bridgehead atoms. The molecule has 2 aromatic rings. The monoisotopic (exact) mass is 303 g/mol. The SMILES string of the molecule is CN(CCNC(=O)c1ccc(Cl)c2cccnc12)C1CC1. The van der Waals surface area contributed by atoms with E-state index in [1.165, 1.54) is 12.8 Å². The summed E-state index contributed by atoms with van der Waals surface area (Å²) in [6.45, 7) is 1.51. The fourth-order valence-electron chi connectivity index (χ4n) is 2.46. The lowest BCUT2D eigenvalue weighted by atomic mass is 10.1. The maximum absolute atomic E-state index is 12.3. The molecule has 0 unspecified atom stereocenters. The van der Waals surface area contributed by atoms with Gasteiger partial charge in [0.15, 0.2) is 0 Å². The summed E-state index contributed by atoms with van der Waals surface area (Å²) in [6.07, 6.45) is 4.22. The van der Waals surface area contributed by atoms with Gasteiger partial charge in [-0.2, -0.15) is 0 Å². The molecule has 5 heteroatoms. The molecule has 0 spiro atoms. The molecule has 3 rings (SSSR count). The molecule has 1 aromatic carbocycles. The number of rotatable bonds is 5. The Labute approximate surface area is 129 Å². The van der Waals surface area contributed by atoms with E-state index in [4.69, 9.17) is 11.6 Å². The number of carbonyl (C=O) groups excluding carboxylic acids is 1. The summed E-state index contributed by atoms with van der Waals surface area (Å²) in [5, 5.41) is 4.38. The van der Waals surface area contributed by atoms with E-state index in [-0.39, 0.29) is 5.91 Å². The lowest BCUT2D eigenvalue weighted by molar-refractivity contribution is 0.0951. The Morgan fingerprint density at radius 3 is 3.00 bits per heavy atom. The summed E-state index contributed by atoms with van der Waals surface area (Å²) in [4.78, 5) is 18.9. The van der Waals surface area contributed by atoms with Gasteiger partial charge in [0.2, 0.25) is 0 Å². The summed E-state index contributed by atoms with van der Waals surface area (Å²) in [6, 6.07) is 7.89. The first-order chi connectivity index (χ1) is 10.2. The Morgan fingerprint density at radius 2 is 2.24 bits per heavy atom. The molecule has 1 aromatic heterocycles. The third-order valence-corrected chi connectivity index (χ3v) is 4.21. The van der Waals surface area contributed by atoms with E-state index >= 15 is 0 Å². The van der Waals surface area contributed by atoms with Crippen molar-refractivity contribution in [3.63, 3.8) is 0 Å². The second-order valence-corrected chi connectivity index (χ2v) is 5.87. The lowest BCUT2D eigenvalue weighted by Crippen LogP contribution is -2.34. The van der Waals surface area contributed by atoms with Gasteiger partial charge in [-0.1, -0.05) is 11.6 Å². The van der Waals surface area contributed by atoms with Crippen LogP contribution in [-0.4, -0.2) is 42.0 Å². The summed E-state index contributed by atoms with van der Waals surface area (Å²) in [5.74, 6) is -0.0976. The molecule has 1 N–H and O–H groups in total. The van der Waals surface area contributed by atoms with E-state index < -0.39 is 0 Å². The summed E-state index contributed by atoms with van der Waals surface area (Å²) < 4.78 is 0. The third kappa shape index (κ3) is 3.17. The molecule has 0 atom stereocenters. The fourth-order valence-corrected chi connectivity index (χ4v) is 2.68. The standard InChI is InChI=1S/C16H18ClN3O/c1-20(11-4-5-11)10-9-19-16(21)13-6-7-14(17)12-3-2-8-18-15(12)13/h2-3,6-8,11H,4-5,9-10H2,1H3,(H,19,21). The highest BCUT2D eigenvalue weighted by Gasteiger charge is 2.25. The number of hydrogen-bond acceptors (Lipinski definition) is 3. The Hall–Kier alpha value is -1.65. The topological polar surface area (TPSA) is 45.2 Å². The molecule has 4 nitrogen and oxygen atoms in total. The van der Waals surface area contributed by atoms with Crippen molar-refractivity contribution < 1.29 is 4.79 Å². The highest BCUT2D eigenvalue weighted by Crippen LogP contribution is 2.25. The average Bonchev–Trinajstić information content (AvgIpc) is 3.32. The number of likely N-dealkylation sites (N-methyl/N-ethyl adjacent to an activating group) is 1. The van der Waals surface area contributed by atoms with Crippen molar-refractivity contribution in [2.24, 2.45) is 0 Å². The predicted molar refractivity (Wildman–Crippen MR) is 84.7 cm³/mol. The maximum Gasteiger partial charge on any atom is 0.253 e. The minimum Gasteiger partial charge on any atom is -0.351 e. The number of pyridine rings is 1. The highest BCUT2D eigenvalue weighted by molar-refractivity contribution is 6.36. The van der Waals surface area contributed by atoms with Gasteiger partial charge in [0.1, 0.15) is 0 Å². The number of carbonyl (C=O) groups is 1. The number of halogens is 1. The van der Waals surface area contributed by atoms with Crippen LogP contribution in [0.4, 0.5) is 0 Å². The largest absolute Gasteiger partial charge is 0.351 e.